The summed E-state index contributed by atoms with van der Waals surface area (Å²) in [4.78, 5) is 23.9. The van der Waals surface area contributed by atoms with Crippen LogP contribution in [0.4, 0.5) is 10.5 Å². The van der Waals surface area contributed by atoms with Crippen LogP contribution in [0.3, 0.4) is 0 Å². The molecule has 6 nitrogen and oxygen atoms in total. The number of benzene rings is 1. The minimum atomic E-state index is 0.0788. The van der Waals surface area contributed by atoms with Crippen LogP contribution in [-0.2, 0) is 6.54 Å². The number of urea groups is 1. The lowest BCUT2D eigenvalue weighted by atomic mass is 10.1. The Bertz CT molecular complexity index is 836. The molecule has 0 spiro atoms. The molecule has 1 atom stereocenters. The lowest BCUT2D eigenvalue weighted by Crippen LogP contribution is -2.52. The number of halogens is 1. The van der Waals surface area contributed by atoms with Gasteiger partial charge in [0.05, 0.1) is 10.7 Å². The van der Waals surface area contributed by atoms with Crippen LogP contribution in [0.25, 0.3) is 0 Å². The van der Waals surface area contributed by atoms with Gasteiger partial charge in [-0.15, -0.1) is 11.3 Å². The molecule has 2 fully saturated rings. The summed E-state index contributed by atoms with van der Waals surface area (Å²) >= 11 is 5.24. The van der Waals surface area contributed by atoms with E-state index in [1.54, 1.807) is 11.3 Å². The standard InChI is InChI=1S/C21H28BrN5OS/c1-16-24-19(15-29-16)14-25-7-9-26(10-8-25)21(28)23-12-17-5-6-27(13-17)20-4-2-3-18(22)11-20/h2-4,11,15,17H,5-10,12-14H2,1H3,(H,23,28). The number of piperazine rings is 1. The summed E-state index contributed by atoms with van der Waals surface area (Å²) in [5, 5.41) is 6.41. The Kier molecular flexibility index (Phi) is 6.72. The zero-order valence-electron chi connectivity index (χ0n) is 16.8. The van der Waals surface area contributed by atoms with Crippen molar-refractivity contribution in [2.24, 2.45) is 5.92 Å². The second-order valence-corrected chi connectivity index (χ2v) is 9.87. The number of anilines is 1. The van der Waals surface area contributed by atoms with Crippen molar-refractivity contribution in [1.82, 2.24) is 20.1 Å². The molecule has 2 amide bonds. The molecule has 8 heteroatoms. The fourth-order valence-corrected chi connectivity index (χ4v) is 5.06. The molecule has 1 aromatic heterocycles. The van der Waals surface area contributed by atoms with Crippen LogP contribution in [0.5, 0.6) is 0 Å². The Morgan fingerprint density at radius 1 is 1.28 bits per heavy atom. The van der Waals surface area contributed by atoms with Gasteiger partial charge in [0.1, 0.15) is 0 Å². The maximum Gasteiger partial charge on any atom is 0.317 e. The summed E-state index contributed by atoms with van der Waals surface area (Å²) in [6, 6.07) is 8.51. The van der Waals surface area contributed by atoms with E-state index in [4.69, 9.17) is 0 Å². The summed E-state index contributed by atoms with van der Waals surface area (Å²) in [5.74, 6) is 0.507. The summed E-state index contributed by atoms with van der Waals surface area (Å²) in [5.41, 5.74) is 2.39. The van der Waals surface area contributed by atoms with Crippen molar-refractivity contribution in [3.8, 4) is 0 Å². The number of hydrogen-bond donors (Lipinski definition) is 1. The summed E-state index contributed by atoms with van der Waals surface area (Å²) in [6.07, 6.45) is 1.12. The number of thiazole rings is 1. The van der Waals surface area contributed by atoms with Crippen molar-refractivity contribution in [2.45, 2.75) is 19.9 Å². The third kappa shape index (κ3) is 5.49. The number of amides is 2. The highest BCUT2D eigenvalue weighted by molar-refractivity contribution is 9.10. The van der Waals surface area contributed by atoms with Crippen molar-refractivity contribution >= 4 is 39.0 Å². The maximum atomic E-state index is 12.6. The van der Waals surface area contributed by atoms with Crippen molar-refractivity contribution in [2.75, 3.05) is 50.7 Å². The Hall–Kier alpha value is -1.64. The molecule has 29 heavy (non-hydrogen) atoms. The fraction of sp³-hybridized carbons (Fsp3) is 0.524. The van der Waals surface area contributed by atoms with Crippen LogP contribution in [0.2, 0.25) is 0 Å². The monoisotopic (exact) mass is 477 g/mol. The first-order valence-electron chi connectivity index (χ1n) is 10.2. The van der Waals surface area contributed by atoms with Crippen molar-refractivity contribution in [3.63, 3.8) is 0 Å². The van der Waals surface area contributed by atoms with E-state index in [0.717, 1.165) is 74.0 Å². The molecule has 1 N–H and O–H groups in total. The number of carbonyl (C=O) groups excluding carboxylic acids is 1. The van der Waals surface area contributed by atoms with Crippen LogP contribution in [-0.4, -0.2) is 66.6 Å². The van der Waals surface area contributed by atoms with Gasteiger partial charge in [-0.25, -0.2) is 9.78 Å². The van der Waals surface area contributed by atoms with Gasteiger partial charge in [0, 0.05) is 67.9 Å². The molecule has 0 saturated carbocycles. The number of nitrogens with one attached hydrogen (secondary N) is 1. The second-order valence-electron chi connectivity index (χ2n) is 7.89. The average molecular weight is 478 g/mol. The average Bonchev–Trinajstić information content (AvgIpc) is 3.36. The number of carbonyl (C=O) groups is 1. The van der Waals surface area contributed by atoms with E-state index in [0.29, 0.717) is 5.92 Å². The topological polar surface area (TPSA) is 51.7 Å². The van der Waals surface area contributed by atoms with E-state index in [-0.39, 0.29) is 6.03 Å². The molecule has 1 unspecified atom stereocenters. The van der Waals surface area contributed by atoms with Crippen molar-refractivity contribution in [3.05, 3.63) is 44.8 Å². The first kappa shape index (κ1) is 20.6. The molecule has 2 aliphatic heterocycles. The molecule has 4 rings (SSSR count). The molecular weight excluding hydrogens is 450 g/mol. The molecule has 0 radical (unpaired) electrons. The van der Waals surface area contributed by atoms with Crippen LogP contribution in [0.1, 0.15) is 17.1 Å². The minimum absolute atomic E-state index is 0.0788. The molecular formula is C21H28BrN5OS. The first-order valence-corrected chi connectivity index (χ1v) is 11.9. The lowest BCUT2D eigenvalue weighted by Gasteiger charge is -2.34. The van der Waals surface area contributed by atoms with Gasteiger partial charge >= 0.3 is 6.03 Å². The number of rotatable bonds is 5. The van der Waals surface area contributed by atoms with E-state index in [9.17, 15) is 4.79 Å². The first-order chi connectivity index (χ1) is 14.1. The highest BCUT2D eigenvalue weighted by Crippen LogP contribution is 2.26. The van der Waals surface area contributed by atoms with Gasteiger partial charge in [-0.3, -0.25) is 4.90 Å². The molecule has 2 saturated heterocycles. The number of aryl methyl sites for hydroxylation is 1. The van der Waals surface area contributed by atoms with Gasteiger partial charge in [-0.2, -0.15) is 0 Å². The number of aromatic nitrogens is 1. The normalized spacial score (nSPS) is 20.3. The second kappa shape index (κ2) is 9.45. The highest BCUT2D eigenvalue weighted by atomic mass is 79.9. The zero-order chi connectivity index (χ0) is 20.2. The predicted molar refractivity (Wildman–Crippen MR) is 122 cm³/mol. The molecule has 156 valence electrons. The molecule has 2 aliphatic rings. The van der Waals surface area contributed by atoms with Gasteiger partial charge in [-0.1, -0.05) is 22.0 Å². The van der Waals surface area contributed by atoms with E-state index >= 15 is 0 Å². The molecule has 0 bridgehead atoms. The van der Waals surface area contributed by atoms with Gasteiger partial charge in [0.25, 0.3) is 0 Å². The number of nitrogens with zero attached hydrogens (tertiary/aromatic N) is 4. The van der Waals surface area contributed by atoms with Crippen LogP contribution in [0, 0.1) is 12.8 Å². The Morgan fingerprint density at radius 2 is 2.10 bits per heavy atom. The van der Waals surface area contributed by atoms with Crippen LogP contribution < -0.4 is 10.2 Å². The van der Waals surface area contributed by atoms with Gasteiger partial charge in [0.2, 0.25) is 0 Å². The van der Waals surface area contributed by atoms with E-state index in [1.807, 2.05) is 11.8 Å². The minimum Gasteiger partial charge on any atom is -0.371 e. The van der Waals surface area contributed by atoms with Crippen LogP contribution >= 0.6 is 27.3 Å². The van der Waals surface area contributed by atoms with Gasteiger partial charge in [0.15, 0.2) is 0 Å². The Morgan fingerprint density at radius 3 is 2.83 bits per heavy atom. The summed E-state index contributed by atoms with van der Waals surface area (Å²) < 4.78 is 1.11. The van der Waals surface area contributed by atoms with Gasteiger partial charge < -0.3 is 15.1 Å². The molecule has 2 aromatic rings. The lowest BCUT2D eigenvalue weighted by molar-refractivity contribution is 0.134. The molecule has 3 heterocycles. The smallest absolute Gasteiger partial charge is 0.317 e. The van der Waals surface area contributed by atoms with Gasteiger partial charge in [-0.05, 0) is 37.5 Å². The summed E-state index contributed by atoms with van der Waals surface area (Å²) in [6.45, 7) is 9.10. The van der Waals surface area contributed by atoms with Crippen LogP contribution in [0.15, 0.2) is 34.1 Å². The van der Waals surface area contributed by atoms with E-state index in [2.05, 4.69) is 65.7 Å². The SMILES string of the molecule is Cc1nc(CN2CCN(C(=O)NCC3CCN(c4cccc(Br)c4)C3)CC2)cs1. The van der Waals surface area contributed by atoms with Crippen molar-refractivity contribution < 1.29 is 4.79 Å². The highest BCUT2D eigenvalue weighted by Gasteiger charge is 2.25. The maximum absolute atomic E-state index is 12.6. The Balaban J connectivity index is 1.18. The van der Waals surface area contributed by atoms with E-state index < -0.39 is 0 Å². The summed E-state index contributed by atoms with van der Waals surface area (Å²) in [7, 11) is 0. The Labute approximate surface area is 185 Å². The van der Waals surface area contributed by atoms with Crippen molar-refractivity contribution in [1.29, 1.82) is 0 Å². The molecule has 0 aliphatic carbocycles. The van der Waals surface area contributed by atoms with E-state index in [1.165, 1.54) is 5.69 Å². The largest absolute Gasteiger partial charge is 0.371 e. The molecule has 1 aromatic carbocycles. The third-order valence-corrected chi connectivity index (χ3v) is 7.03. The predicted octanol–water partition coefficient (Wildman–Crippen LogP) is 3.57. The number of hydrogen-bond acceptors (Lipinski definition) is 5. The fourth-order valence-electron chi connectivity index (χ4n) is 4.07. The third-order valence-electron chi connectivity index (χ3n) is 5.71. The quantitative estimate of drug-likeness (QED) is 0.714. The zero-order valence-corrected chi connectivity index (χ0v) is 19.2.